The Hall–Kier alpha value is -5.49. The third kappa shape index (κ3) is 5.31. The molecule has 0 bridgehead atoms. The molecule has 6 aromatic rings. The van der Waals surface area contributed by atoms with Crippen molar-refractivity contribution in [1.29, 1.82) is 0 Å². The molecule has 12 heteroatoms. The SMILES string of the molecule is NC(=O)c1cc(F)c(O)c(C=O)c1.Nc1ncccc1-c1nc2ccc(-c3nccs3)nc2n1-c1ccc2c(c1)CCC2. The third-order valence-corrected chi connectivity index (χ3v) is 7.88. The van der Waals surface area contributed by atoms with E-state index in [1.807, 2.05) is 29.6 Å². The van der Waals surface area contributed by atoms with E-state index in [1.165, 1.54) is 17.5 Å². The lowest BCUT2D eigenvalue weighted by Crippen LogP contribution is -2.11. The summed E-state index contributed by atoms with van der Waals surface area (Å²) in [6.07, 6.45) is 7.20. The topological polar surface area (TPSA) is 163 Å². The Kier molecular flexibility index (Phi) is 7.34. The van der Waals surface area contributed by atoms with Crippen molar-refractivity contribution in [2.75, 3.05) is 5.73 Å². The second-order valence-electron chi connectivity index (χ2n) is 9.77. The quantitative estimate of drug-likeness (QED) is 0.232. The van der Waals surface area contributed by atoms with Gasteiger partial charge >= 0.3 is 0 Å². The summed E-state index contributed by atoms with van der Waals surface area (Å²) in [5.41, 5.74) is 17.7. The summed E-state index contributed by atoms with van der Waals surface area (Å²) in [4.78, 5) is 39.4. The van der Waals surface area contributed by atoms with Crippen LogP contribution in [0.15, 0.2) is 72.4 Å². The molecule has 0 atom stereocenters. The van der Waals surface area contributed by atoms with Crippen LogP contribution >= 0.6 is 11.3 Å². The first-order chi connectivity index (χ1) is 20.8. The number of phenols is 1. The molecule has 1 aliphatic rings. The molecule has 4 aromatic heterocycles. The number of amides is 1. The number of nitrogens with zero attached hydrogens (tertiary/aromatic N) is 5. The predicted octanol–water partition coefficient (Wildman–Crippen LogP) is 5.12. The highest BCUT2D eigenvalue weighted by atomic mass is 32.1. The molecule has 0 aliphatic heterocycles. The monoisotopic (exact) mass is 593 g/mol. The van der Waals surface area contributed by atoms with Gasteiger partial charge in [0.1, 0.15) is 22.0 Å². The molecule has 0 saturated carbocycles. The minimum atomic E-state index is -1.04. The Bertz CT molecular complexity index is 2010. The Morgan fingerprint density at radius 3 is 2.60 bits per heavy atom. The molecule has 4 heterocycles. The highest BCUT2D eigenvalue weighted by Gasteiger charge is 2.20. The van der Waals surface area contributed by atoms with Gasteiger partial charge in [0.15, 0.2) is 29.3 Å². The van der Waals surface area contributed by atoms with E-state index in [4.69, 9.17) is 26.5 Å². The number of nitrogens with two attached hydrogens (primary N) is 2. The van der Waals surface area contributed by atoms with E-state index in [2.05, 4.69) is 32.7 Å². The lowest BCUT2D eigenvalue weighted by molar-refractivity contribution is 0.0999. The smallest absolute Gasteiger partial charge is 0.248 e. The molecule has 5 N–H and O–H groups in total. The van der Waals surface area contributed by atoms with Gasteiger partial charge in [0.25, 0.3) is 0 Å². The van der Waals surface area contributed by atoms with Crippen LogP contribution in [0.5, 0.6) is 5.75 Å². The van der Waals surface area contributed by atoms with Crippen LogP contribution in [0.4, 0.5) is 10.2 Å². The zero-order valence-electron chi connectivity index (χ0n) is 22.6. The van der Waals surface area contributed by atoms with Gasteiger partial charge in [-0.3, -0.25) is 14.2 Å². The maximum atomic E-state index is 12.8. The molecule has 0 radical (unpaired) electrons. The molecule has 0 fully saturated rings. The van der Waals surface area contributed by atoms with E-state index < -0.39 is 17.5 Å². The van der Waals surface area contributed by atoms with Gasteiger partial charge in [-0.2, -0.15) is 0 Å². The number of pyridine rings is 2. The highest BCUT2D eigenvalue weighted by molar-refractivity contribution is 7.13. The Balaban J connectivity index is 0.000000214. The molecule has 7 rings (SSSR count). The van der Waals surface area contributed by atoms with Crippen molar-refractivity contribution < 1.29 is 19.1 Å². The number of phenolic OH excluding ortho intramolecular Hbond substituents is 1. The minimum Gasteiger partial charge on any atom is -0.504 e. The molecule has 0 spiro atoms. The van der Waals surface area contributed by atoms with Crippen LogP contribution in [0.1, 0.15) is 38.3 Å². The van der Waals surface area contributed by atoms with Crippen LogP contribution in [0.25, 0.3) is 38.9 Å². The number of thiazole rings is 1. The van der Waals surface area contributed by atoms with Gasteiger partial charge < -0.3 is 16.6 Å². The van der Waals surface area contributed by atoms with Crippen molar-refractivity contribution in [3.63, 3.8) is 0 Å². The molecule has 10 nitrogen and oxygen atoms in total. The normalized spacial score (nSPS) is 12.0. The minimum absolute atomic E-state index is 0.155. The number of primary amides is 1. The van der Waals surface area contributed by atoms with Crippen LogP contribution < -0.4 is 11.5 Å². The number of aromatic nitrogens is 5. The van der Waals surface area contributed by atoms with Crippen molar-refractivity contribution in [3.8, 4) is 33.5 Å². The molecule has 43 heavy (non-hydrogen) atoms. The van der Waals surface area contributed by atoms with Crippen LogP contribution in [-0.4, -0.2) is 41.8 Å². The van der Waals surface area contributed by atoms with Gasteiger partial charge in [-0.05, 0) is 78.9 Å². The maximum Gasteiger partial charge on any atom is 0.248 e. The Morgan fingerprint density at radius 2 is 1.86 bits per heavy atom. The fourth-order valence-corrected chi connectivity index (χ4v) is 5.61. The number of hydrogen-bond acceptors (Lipinski definition) is 9. The summed E-state index contributed by atoms with van der Waals surface area (Å²) >= 11 is 1.57. The zero-order chi connectivity index (χ0) is 30.1. The molecule has 214 valence electrons. The predicted molar refractivity (Wildman–Crippen MR) is 162 cm³/mol. The van der Waals surface area contributed by atoms with E-state index in [1.54, 1.807) is 23.7 Å². The van der Waals surface area contributed by atoms with E-state index in [0.717, 1.165) is 63.9 Å². The molecular weight excluding hydrogens is 569 g/mol. The number of benzene rings is 2. The average Bonchev–Trinajstić information content (AvgIpc) is 3.78. The maximum absolute atomic E-state index is 12.8. The van der Waals surface area contributed by atoms with Gasteiger partial charge in [-0.15, -0.1) is 11.3 Å². The van der Waals surface area contributed by atoms with Gasteiger partial charge in [0.2, 0.25) is 5.91 Å². The number of aldehydes is 1. The van der Waals surface area contributed by atoms with E-state index >= 15 is 0 Å². The molecular formula is C31H24FN7O3S. The number of imidazole rings is 1. The first kappa shape index (κ1) is 27.7. The first-order valence-electron chi connectivity index (χ1n) is 13.2. The number of aromatic hydroxyl groups is 1. The Labute approximate surface area is 248 Å². The number of carbonyl (C=O) groups is 2. The number of carbonyl (C=O) groups excluding carboxylic acids is 2. The second-order valence-corrected chi connectivity index (χ2v) is 10.7. The summed E-state index contributed by atoms with van der Waals surface area (Å²) in [6.45, 7) is 0. The summed E-state index contributed by atoms with van der Waals surface area (Å²) in [6, 6.07) is 16.2. The van der Waals surface area contributed by atoms with Gasteiger partial charge in [0, 0.05) is 29.0 Å². The number of halogens is 1. The lowest BCUT2D eigenvalue weighted by Gasteiger charge is -2.12. The summed E-state index contributed by atoms with van der Waals surface area (Å²) in [7, 11) is 0. The number of rotatable bonds is 5. The summed E-state index contributed by atoms with van der Waals surface area (Å²) in [5.74, 6) is -1.48. The molecule has 2 aromatic carbocycles. The molecule has 0 unspecified atom stereocenters. The van der Waals surface area contributed by atoms with Crippen LogP contribution in [0.3, 0.4) is 0 Å². The number of nitrogen functional groups attached to an aromatic ring is 1. The third-order valence-electron chi connectivity index (χ3n) is 7.08. The van der Waals surface area contributed by atoms with Gasteiger partial charge in [-0.1, -0.05) is 6.07 Å². The lowest BCUT2D eigenvalue weighted by atomic mass is 10.1. The zero-order valence-corrected chi connectivity index (χ0v) is 23.4. The van der Waals surface area contributed by atoms with E-state index in [0.29, 0.717) is 5.82 Å². The largest absolute Gasteiger partial charge is 0.504 e. The number of aryl methyl sites for hydroxylation is 2. The van der Waals surface area contributed by atoms with Gasteiger partial charge in [-0.25, -0.2) is 24.3 Å². The Morgan fingerprint density at radius 1 is 1.02 bits per heavy atom. The summed E-state index contributed by atoms with van der Waals surface area (Å²) in [5, 5.41) is 11.8. The number of fused-ring (bicyclic) bond motifs is 2. The van der Waals surface area contributed by atoms with Crippen molar-refractivity contribution in [1.82, 2.24) is 24.5 Å². The van der Waals surface area contributed by atoms with Crippen molar-refractivity contribution in [2.45, 2.75) is 19.3 Å². The van der Waals surface area contributed by atoms with E-state index in [-0.39, 0.29) is 17.4 Å². The standard InChI is InChI=1S/C23H18N6S.C8H6FNO3/c24-20-17(5-2-10-25-20)21-27-18-8-9-19(23-26-11-12-30-23)28-22(18)29(21)16-7-6-14-3-1-4-15(14)13-16;9-6-2-4(8(10)13)1-5(3-11)7(6)12/h2,5-13H,1,3-4H2,(H2,24,25);1-3,12H,(H2,10,13). The van der Waals surface area contributed by atoms with Gasteiger partial charge in [0.05, 0.1) is 11.1 Å². The number of anilines is 1. The fraction of sp³-hybridized carbons (Fsp3) is 0.0968. The van der Waals surface area contributed by atoms with Crippen molar-refractivity contribution >= 4 is 40.5 Å². The summed E-state index contributed by atoms with van der Waals surface area (Å²) < 4.78 is 14.9. The van der Waals surface area contributed by atoms with Crippen LogP contribution in [0, 0.1) is 5.82 Å². The fourth-order valence-electron chi connectivity index (χ4n) is 5.01. The van der Waals surface area contributed by atoms with E-state index in [9.17, 15) is 14.0 Å². The van der Waals surface area contributed by atoms with Crippen molar-refractivity contribution in [3.05, 3.63) is 100 Å². The second kappa shape index (κ2) is 11.4. The average molecular weight is 594 g/mol. The molecule has 1 amide bonds. The van der Waals surface area contributed by atoms with Crippen LogP contribution in [0.2, 0.25) is 0 Å². The highest BCUT2D eigenvalue weighted by Crippen LogP contribution is 2.33. The number of hydrogen-bond donors (Lipinski definition) is 3. The van der Waals surface area contributed by atoms with Crippen molar-refractivity contribution in [2.24, 2.45) is 5.73 Å². The van der Waals surface area contributed by atoms with Crippen LogP contribution in [-0.2, 0) is 12.8 Å². The first-order valence-corrected chi connectivity index (χ1v) is 14.1. The molecule has 1 aliphatic carbocycles. The molecule has 0 saturated heterocycles.